The van der Waals surface area contributed by atoms with Crippen molar-refractivity contribution in [2.24, 2.45) is 0 Å². The second-order valence-corrected chi connectivity index (χ2v) is 7.07. The minimum Gasteiger partial charge on any atom is -0.480 e. The summed E-state index contributed by atoms with van der Waals surface area (Å²) in [5.74, 6) is -1.38. The van der Waals surface area contributed by atoms with E-state index < -0.39 is 39.8 Å². The van der Waals surface area contributed by atoms with Crippen molar-refractivity contribution in [1.82, 2.24) is 4.90 Å². The molecular formula is C7H17NO8P2. The van der Waals surface area contributed by atoms with Gasteiger partial charge >= 0.3 is 21.2 Å². The SMILES string of the molecule is CCC[C@@H](C(=O)O)N(CP(=O)(O)O)CP(=O)(O)O. The van der Waals surface area contributed by atoms with Crippen LogP contribution in [-0.2, 0) is 13.9 Å². The molecule has 0 spiro atoms. The summed E-state index contributed by atoms with van der Waals surface area (Å²) >= 11 is 0. The number of aliphatic carboxylic acids is 1. The van der Waals surface area contributed by atoms with Crippen molar-refractivity contribution in [3.8, 4) is 0 Å². The molecule has 0 fully saturated rings. The summed E-state index contributed by atoms with van der Waals surface area (Å²) in [6, 6.07) is -1.34. The van der Waals surface area contributed by atoms with E-state index in [0.29, 0.717) is 11.3 Å². The van der Waals surface area contributed by atoms with Crippen molar-refractivity contribution < 1.29 is 38.6 Å². The fourth-order valence-corrected chi connectivity index (χ4v) is 3.15. The van der Waals surface area contributed by atoms with Crippen LogP contribution in [0.3, 0.4) is 0 Å². The van der Waals surface area contributed by atoms with Crippen LogP contribution in [0.5, 0.6) is 0 Å². The molecule has 0 heterocycles. The van der Waals surface area contributed by atoms with Crippen LogP contribution in [0, 0.1) is 0 Å². The molecule has 0 aromatic heterocycles. The Hall–Kier alpha value is -0.270. The van der Waals surface area contributed by atoms with E-state index in [1.165, 1.54) is 0 Å². The molecule has 0 bridgehead atoms. The predicted molar refractivity (Wildman–Crippen MR) is 62.0 cm³/mol. The van der Waals surface area contributed by atoms with Crippen LogP contribution < -0.4 is 0 Å². The summed E-state index contributed by atoms with van der Waals surface area (Å²) in [6.07, 6.45) is -1.57. The minimum atomic E-state index is -4.61. The lowest BCUT2D eigenvalue weighted by atomic mass is 10.1. The number of carboxylic acid groups (broad SMARTS) is 1. The van der Waals surface area contributed by atoms with E-state index in [9.17, 15) is 13.9 Å². The van der Waals surface area contributed by atoms with E-state index in [4.69, 9.17) is 24.7 Å². The van der Waals surface area contributed by atoms with Crippen LogP contribution in [0.15, 0.2) is 0 Å². The summed E-state index contributed by atoms with van der Waals surface area (Å²) < 4.78 is 21.7. The molecule has 0 aromatic rings. The van der Waals surface area contributed by atoms with Crippen molar-refractivity contribution in [3.05, 3.63) is 0 Å². The van der Waals surface area contributed by atoms with Gasteiger partial charge in [0, 0.05) is 0 Å². The van der Waals surface area contributed by atoms with Gasteiger partial charge in [0.05, 0.1) is 0 Å². The highest BCUT2D eigenvalue weighted by atomic mass is 31.2. The smallest absolute Gasteiger partial charge is 0.339 e. The number of carbonyl (C=O) groups is 1. The second kappa shape index (κ2) is 6.77. The van der Waals surface area contributed by atoms with Gasteiger partial charge in [-0.3, -0.25) is 18.8 Å². The Bertz CT molecular complexity index is 350. The van der Waals surface area contributed by atoms with Gasteiger partial charge in [0.2, 0.25) is 0 Å². The van der Waals surface area contributed by atoms with E-state index in [-0.39, 0.29) is 6.42 Å². The fraction of sp³-hybridized carbons (Fsp3) is 0.857. The first-order valence-electron chi connectivity index (χ1n) is 5.02. The zero-order valence-corrected chi connectivity index (χ0v) is 11.5. The van der Waals surface area contributed by atoms with Crippen molar-refractivity contribution >= 4 is 21.2 Å². The van der Waals surface area contributed by atoms with Gasteiger partial charge in [-0.15, -0.1) is 0 Å². The van der Waals surface area contributed by atoms with Crippen LogP contribution in [0.1, 0.15) is 19.8 Å². The summed E-state index contributed by atoms with van der Waals surface area (Å²) in [7, 11) is -9.21. The molecule has 0 saturated heterocycles. The quantitative estimate of drug-likeness (QED) is 0.383. The number of hydrogen-bond acceptors (Lipinski definition) is 4. The zero-order valence-electron chi connectivity index (χ0n) is 9.71. The van der Waals surface area contributed by atoms with Crippen LogP contribution in [0.25, 0.3) is 0 Å². The summed E-state index contributed by atoms with van der Waals surface area (Å²) in [5.41, 5.74) is 0. The molecule has 0 aliphatic rings. The van der Waals surface area contributed by atoms with E-state index in [0.717, 1.165) is 0 Å². The first kappa shape index (κ1) is 17.7. The van der Waals surface area contributed by atoms with Crippen molar-refractivity contribution in [1.29, 1.82) is 0 Å². The Morgan fingerprint density at radius 1 is 1.11 bits per heavy atom. The molecule has 1 atom stereocenters. The topological polar surface area (TPSA) is 156 Å². The van der Waals surface area contributed by atoms with E-state index >= 15 is 0 Å². The van der Waals surface area contributed by atoms with Gasteiger partial charge < -0.3 is 24.7 Å². The number of rotatable bonds is 8. The Balaban J connectivity index is 5.09. The average Bonchev–Trinajstić information content (AvgIpc) is 2.07. The highest BCUT2D eigenvalue weighted by molar-refractivity contribution is 7.52. The molecule has 11 heteroatoms. The van der Waals surface area contributed by atoms with Gasteiger partial charge in [0.25, 0.3) is 0 Å². The Morgan fingerprint density at radius 3 is 1.72 bits per heavy atom. The third kappa shape index (κ3) is 7.94. The average molecular weight is 305 g/mol. The monoisotopic (exact) mass is 305 g/mol. The molecule has 5 N–H and O–H groups in total. The van der Waals surface area contributed by atoms with Gasteiger partial charge in [-0.05, 0) is 6.42 Å². The van der Waals surface area contributed by atoms with Crippen molar-refractivity contribution in [2.45, 2.75) is 25.8 Å². The Kier molecular flexibility index (Phi) is 6.67. The summed E-state index contributed by atoms with van der Waals surface area (Å²) in [4.78, 5) is 46.8. The molecule has 9 nitrogen and oxygen atoms in total. The zero-order chi connectivity index (χ0) is 14.6. The molecular weight excluding hydrogens is 288 g/mol. The van der Waals surface area contributed by atoms with Crippen LogP contribution in [0.2, 0.25) is 0 Å². The summed E-state index contributed by atoms with van der Waals surface area (Å²) in [6.45, 7) is 1.66. The third-order valence-electron chi connectivity index (χ3n) is 2.02. The highest BCUT2D eigenvalue weighted by Crippen LogP contribution is 2.42. The van der Waals surface area contributed by atoms with Gasteiger partial charge in [-0.25, -0.2) is 0 Å². The lowest BCUT2D eigenvalue weighted by molar-refractivity contribution is -0.142. The largest absolute Gasteiger partial charge is 0.480 e. The maximum absolute atomic E-state index is 11.0. The second-order valence-electron chi connectivity index (χ2n) is 3.84. The Labute approximate surface area is 104 Å². The number of carboxylic acids is 1. The molecule has 0 saturated carbocycles. The van der Waals surface area contributed by atoms with Gasteiger partial charge in [0.1, 0.15) is 18.6 Å². The maximum atomic E-state index is 11.0. The normalized spacial score (nSPS) is 14.8. The van der Waals surface area contributed by atoms with Gasteiger partial charge in [-0.1, -0.05) is 13.3 Å². The molecule has 108 valence electrons. The van der Waals surface area contributed by atoms with Crippen LogP contribution >= 0.6 is 15.2 Å². The lowest BCUT2D eigenvalue weighted by Gasteiger charge is -2.28. The number of hydrogen-bond donors (Lipinski definition) is 5. The standard InChI is InChI=1S/C7H17NO8P2/c1-2-3-6(7(9)10)8(4-17(11,12)13)5-18(14,15)16/h6H,2-5H2,1H3,(H,9,10)(H2,11,12,13)(H2,14,15,16)/t6-/m0/s1. The van der Waals surface area contributed by atoms with Crippen molar-refractivity contribution in [2.75, 3.05) is 12.6 Å². The number of nitrogens with zero attached hydrogens (tertiary/aromatic N) is 1. The van der Waals surface area contributed by atoms with Gasteiger partial charge in [0.15, 0.2) is 0 Å². The molecule has 0 rings (SSSR count). The first-order chi connectivity index (χ1) is 7.96. The fourth-order valence-electron chi connectivity index (χ4n) is 1.45. The molecule has 18 heavy (non-hydrogen) atoms. The molecule has 0 aliphatic heterocycles. The van der Waals surface area contributed by atoms with E-state index in [1.54, 1.807) is 6.92 Å². The third-order valence-corrected chi connectivity index (χ3v) is 3.48. The van der Waals surface area contributed by atoms with E-state index in [1.807, 2.05) is 0 Å². The molecule has 0 unspecified atom stereocenters. The molecule has 0 aromatic carbocycles. The van der Waals surface area contributed by atoms with Crippen LogP contribution in [0.4, 0.5) is 0 Å². The highest BCUT2D eigenvalue weighted by Gasteiger charge is 2.34. The molecule has 0 radical (unpaired) electrons. The lowest BCUT2D eigenvalue weighted by Crippen LogP contribution is -2.42. The molecule has 0 amide bonds. The van der Waals surface area contributed by atoms with E-state index in [2.05, 4.69) is 0 Å². The minimum absolute atomic E-state index is 0.0370. The summed E-state index contributed by atoms with van der Waals surface area (Å²) in [5, 5.41) is 8.92. The van der Waals surface area contributed by atoms with Gasteiger partial charge in [-0.2, -0.15) is 0 Å². The Morgan fingerprint density at radius 2 is 1.50 bits per heavy atom. The predicted octanol–water partition coefficient (Wildman–Crippen LogP) is -0.188. The molecule has 0 aliphatic carbocycles. The first-order valence-corrected chi connectivity index (χ1v) is 8.62. The maximum Gasteiger partial charge on any atom is 0.339 e. The van der Waals surface area contributed by atoms with Crippen molar-refractivity contribution in [3.63, 3.8) is 0 Å². The van der Waals surface area contributed by atoms with Crippen LogP contribution in [-0.4, -0.2) is 54.2 Å².